The van der Waals surface area contributed by atoms with Gasteiger partial charge >= 0.3 is 0 Å². The molecule has 2 aromatic carbocycles. The van der Waals surface area contributed by atoms with Gasteiger partial charge in [0.15, 0.2) is 11.3 Å². The van der Waals surface area contributed by atoms with Crippen LogP contribution in [0, 0.1) is 17.0 Å². The molecular weight excluding hydrogens is 436 g/mol. The first-order valence-corrected chi connectivity index (χ1v) is 11.0. The van der Waals surface area contributed by atoms with Crippen LogP contribution in [0.25, 0.3) is 38.9 Å². The van der Waals surface area contributed by atoms with Gasteiger partial charge in [0.25, 0.3) is 11.2 Å². The van der Waals surface area contributed by atoms with Gasteiger partial charge in [-0.05, 0) is 38.5 Å². The van der Waals surface area contributed by atoms with E-state index in [1.807, 2.05) is 31.2 Å². The van der Waals surface area contributed by atoms with E-state index in [1.54, 1.807) is 28.2 Å². The van der Waals surface area contributed by atoms with E-state index < -0.39 is 4.92 Å². The molecule has 0 fully saturated rings. The molecule has 0 aliphatic rings. The molecule has 3 aromatic heterocycles. The molecule has 0 saturated heterocycles. The van der Waals surface area contributed by atoms with E-state index in [0.29, 0.717) is 70.7 Å². The van der Waals surface area contributed by atoms with Gasteiger partial charge in [-0.15, -0.1) is 0 Å². The third-order valence-corrected chi connectivity index (χ3v) is 5.77. The Morgan fingerprint density at radius 3 is 2.59 bits per heavy atom. The van der Waals surface area contributed by atoms with Crippen LogP contribution in [0.4, 0.5) is 5.69 Å². The van der Waals surface area contributed by atoms with Crippen LogP contribution in [0.1, 0.15) is 18.9 Å². The highest BCUT2D eigenvalue weighted by molar-refractivity contribution is 6.05. The number of fused-ring (bicyclic) bond motifs is 4. The second kappa shape index (κ2) is 8.64. The van der Waals surface area contributed by atoms with Gasteiger partial charge in [-0.3, -0.25) is 24.0 Å². The lowest BCUT2D eigenvalue weighted by Crippen LogP contribution is -2.21. The summed E-state index contributed by atoms with van der Waals surface area (Å²) in [4.78, 5) is 38.8. The molecule has 0 bridgehead atoms. The quantitative estimate of drug-likeness (QED) is 0.206. The van der Waals surface area contributed by atoms with Gasteiger partial charge < -0.3 is 4.74 Å². The van der Waals surface area contributed by atoms with E-state index in [0.717, 1.165) is 0 Å². The monoisotopic (exact) mass is 458 g/mol. The predicted molar refractivity (Wildman–Crippen MR) is 128 cm³/mol. The molecule has 34 heavy (non-hydrogen) atoms. The van der Waals surface area contributed by atoms with Crippen molar-refractivity contribution in [3.05, 3.63) is 74.8 Å². The number of aromatic nitrogens is 5. The van der Waals surface area contributed by atoms with E-state index in [2.05, 4.69) is 4.98 Å². The van der Waals surface area contributed by atoms with Crippen molar-refractivity contribution in [2.45, 2.75) is 26.8 Å². The van der Waals surface area contributed by atoms with E-state index in [-0.39, 0.29) is 11.2 Å². The maximum atomic E-state index is 13.5. The van der Waals surface area contributed by atoms with Crippen LogP contribution in [0.15, 0.2) is 53.6 Å². The molecular formula is C24H22N6O4. The highest BCUT2D eigenvalue weighted by atomic mass is 16.6. The lowest BCUT2D eigenvalue weighted by molar-refractivity contribution is -0.385. The van der Waals surface area contributed by atoms with Crippen LogP contribution in [0.3, 0.4) is 0 Å². The number of nitro groups is 1. The molecule has 3 heterocycles. The van der Waals surface area contributed by atoms with Gasteiger partial charge in [-0.1, -0.05) is 18.2 Å². The standard InChI is InChI=1S/C24H22N6O4/c1-3-34-12-6-11-28-14-25-22-20(24(28)31)21-23(27-18-8-5-4-7-17(18)26-21)29(22)16-10-9-15(2)19(13-16)30(32)33/h4-5,7-10,13-14H,3,6,11-12H2,1-2H3. The Bertz CT molecular complexity index is 1620. The van der Waals surface area contributed by atoms with Crippen molar-refractivity contribution in [3.63, 3.8) is 0 Å². The third kappa shape index (κ3) is 3.57. The Balaban J connectivity index is 1.81. The van der Waals surface area contributed by atoms with Crippen molar-refractivity contribution < 1.29 is 9.66 Å². The lowest BCUT2D eigenvalue weighted by atomic mass is 10.2. The Kier molecular flexibility index (Phi) is 5.50. The molecule has 5 aromatic rings. The number of aryl methyl sites for hydroxylation is 2. The largest absolute Gasteiger partial charge is 0.382 e. The van der Waals surface area contributed by atoms with Gasteiger partial charge in [0, 0.05) is 31.4 Å². The topological polar surface area (TPSA) is 118 Å². The molecule has 0 N–H and O–H groups in total. The maximum Gasteiger partial charge on any atom is 0.274 e. The van der Waals surface area contributed by atoms with Crippen molar-refractivity contribution in [2.75, 3.05) is 13.2 Å². The number of rotatable bonds is 7. The van der Waals surface area contributed by atoms with Gasteiger partial charge in [0.1, 0.15) is 10.9 Å². The minimum atomic E-state index is -0.424. The molecule has 172 valence electrons. The van der Waals surface area contributed by atoms with Crippen LogP contribution in [-0.4, -0.2) is 42.2 Å². The summed E-state index contributed by atoms with van der Waals surface area (Å²) in [6.07, 6.45) is 2.16. The fourth-order valence-electron chi connectivity index (χ4n) is 4.09. The average molecular weight is 458 g/mol. The molecule has 0 saturated carbocycles. The van der Waals surface area contributed by atoms with Gasteiger partial charge in [0.2, 0.25) is 0 Å². The summed E-state index contributed by atoms with van der Waals surface area (Å²) in [5.41, 5.74) is 3.25. The van der Waals surface area contributed by atoms with Crippen LogP contribution in [0.5, 0.6) is 0 Å². The molecule has 0 radical (unpaired) electrons. The number of nitro benzene ring substituents is 1. The molecule has 0 atom stereocenters. The van der Waals surface area contributed by atoms with Crippen LogP contribution >= 0.6 is 0 Å². The molecule has 5 rings (SSSR count). The number of nitrogens with zero attached hydrogens (tertiary/aromatic N) is 6. The Labute approximate surface area is 193 Å². The molecule has 0 amide bonds. The zero-order valence-corrected chi connectivity index (χ0v) is 18.8. The first-order chi connectivity index (χ1) is 16.5. The summed E-state index contributed by atoms with van der Waals surface area (Å²) in [5.74, 6) is 0. The average Bonchev–Trinajstić information content (AvgIpc) is 3.15. The van der Waals surface area contributed by atoms with Crippen molar-refractivity contribution in [1.82, 2.24) is 24.1 Å². The van der Waals surface area contributed by atoms with E-state index in [9.17, 15) is 14.9 Å². The molecule has 0 spiro atoms. The third-order valence-electron chi connectivity index (χ3n) is 5.77. The maximum absolute atomic E-state index is 13.5. The second-order valence-electron chi connectivity index (χ2n) is 7.94. The molecule has 0 unspecified atom stereocenters. The summed E-state index contributed by atoms with van der Waals surface area (Å²) in [6, 6.07) is 12.3. The Morgan fingerprint density at radius 2 is 1.85 bits per heavy atom. The van der Waals surface area contributed by atoms with E-state index >= 15 is 0 Å². The van der Waals surface area contributed by atoms with Gasteiger partial charge in [-0.25, -0.2) is 15.0 Å². The van der Waals surface area contributed by atoms with Crippen LogP contribution in [-0.2, 0) is 11.3 Å². The molecule has 10 heteroatoms. The number of hydrogen-bond donors (Lipinski definition) is 0. The Hall–Kier alpha value is -4.18. The number of benzene rings is 2. The minimum absolute atomic E-state index is 0.0227. The van der Waals surface area contributed by atoms with Crippen molar-refractivity contribution in [3.8, 4) is 5.69 Å². The molecule has 10 nitrogen and oxygen atoms in total. The SMILES string of the molecule is CCOCCCn1cnc2c(c1=O)c1nc3ccccc3nc1n2-c1ccc(C)c([N+](=O)[O-])c1. The summed E-state index contributed by atoms with van der Waals surface area (Å²) < 4.78 is 8.60. The number of ether oxygens (including phenoxy) is 1. The highest BCUT2D eigenvalue weighted by Gasteiger charge is 2.22. The molecule has 0 aliphatic heterocycles. The molecule has 0 aliphatic carbocycles. The normalized spacial score (nSPS) is 11.6. The summed E-state index contributed by atoms with van der Waals surface area (Å²) >= 11 is 0. The van der Waals surface area contributed by atoms with Crippen molar-refractivity contribution in [1.29, 1.82) is 0 Å². The fraction of sp³-hybridized carbons (Fsp3) is 0.250. The summed E-state index contributed by atoms with van der Waals surface area (Å²) in [5, 5.41) is 11.9. The lowest BCUT2D eigenvalue weighted by Gasteiger charge is -2.08. The Morgan fingerprint density at radius 1 is 1.09 bits per heavy atom. The van der Waals surface area contributed by atoms with Gasteiger partial charge in [0.05, 0.1) is 28.0 Å². The second-order valence-corrected chi connectivity index (χ2v) is 7.94. The summed E-state index contributed by atoms with van der Waals surface area (Å²) in [6.45, 7) is 5.21. The first-order valence-electron chi connectivity index (χ1n) is 11.0. The number of hydrogen-bond acceptors (Lipinski definition) is 7. The number of para-hydroxylation sites is 2. The minimum Gasteiger partial charge on any atom is -0.382 e. The van der Waals surface area contributed by atoms with Crippen LogP contribution < -0.4 is 5.56 Å². The van der Waals surface area contributed by atoms with Crippen molar-refractivity contribution in [2.24, 2.45) is 0 Å². The van der Waals surface area contributed by atoms with E-state index in [1.165, 1.54) is 12.4 Å². The summed E-state index contributed by atoms with van der Waals surface area (Å²) in [7, 11) is 0. The predicted octanol–water partition coefficient (Wildman–Crippen LogP) is 3.93. The van der Waals surface area contributed by atoms with Gasteiger partial charge in [-0.2, -0.15) is 0 Å². The first kappa shape index (κ1) is 21.7. The van der Waals surface area contributed by atoms with Crippen molar-refractivity contribution >= 4 is 38.9 Å². The highest BCUT2D eigenvalue weighted by Crippen LogP contribution is 2.30. The van der Waals surface area contributed by atoms with Crippen LogP contribution in [0.2, 0.25) is 0 Å². The van der Waals surface area contributed by atoms with E-state index in [4.69, 9.17) is 14.7 Å². The zero-order chi connectivity index (χ0) is 23.8. The smallest absolute Gasteiger partial charge is 0.274 e. The zero-order valence-electron chi connectivity index (χ0n) is 18.8. The fourth-order valence-corrected chi connectivity index (χ4v) is 4.09.